The highest BCUT2D eigenvalue weighted by atomic mass is 79.9. The Hall–Kier alpha value is 0.340. The fourth-order valence-corrected chi connectivity index (χ4v) is 7.37. The molecular formula is C11H10BrCl3N2O2S2. The summed E-state index contributed by atoms with van der Waals surface area (Å²) in [5, 5.41) is 1.57. The van der Waals surface area contributed by atoms with Crippen molar-refractivity contribution in [3.05, 3.63) is 27.2 Å². The molecule has 21 heavy (non-hydrogen) atoms. The van der Waals surface area contributed by atoms with E-state index in [1.807, 2.05) is 0 Å². The molecular weight excluding hydrogens is 443 g/mol. The summed E-state index contributed by atoms with van der Waals surface area (Å²) in [6.45, 7) is 0. The summed E-state index contributed by atoms with van der Waals surface area (Å²) in [6.07, 6.45) is 0. The van der Waals surface area contributed by atoms with Crippen molar-refractivity contribution in [1.82, 2.24) is 0 Å². The summed E-state index contributed by atoms with van der Waals surface area (Å²) in [5.41, 5.74) is 6.55. The topological polar surface area (TPSA) is 63.2 Å². The van der Waals surface area contributed by atoms with Gasteiger partial charge in [-0.2, -0.15) is 0 Å². The SMILES string of the molecule is NC1=[N+](c2c(Cl)cc(Cl)cc2Cl)C2CS(=O)(=O)CC2S1.[Br-]. The highest BCUT2D eigenvalue weighted by molar-refractivity contribution is 8.15. The average Bonchev–Trinajstić information content (AvgIpc) is 2.70. The van der Waals surface area contributed by atoms with Gasteiger partial charge in [-0.3, -0.25) is 5.73 Å². The zero-order chi connectivity index (χ0) is 14.7. The summed E-state index contributed by atoms with van der Waals surface area (Å²) in [4.78, 5) is 0. The number of thioether (sulfide) groups is 1. The molecule has 1 fully saturated rings. The van der Waals surface area contributed by atoms with Gasteiger partial charge in [0.1, 0.15) is 6.04 Å². The van der Waals surface area contributed by atoms with Gasteiger partial charge in [0.15, 0.2) is 15.5 Å². The zero-order valence-electron chi connectivity index (χ0n) is 10.4. The van der Waals surface area contributed by atoms with E-state index >= 15 is 0 Å². The molecule has 4 nitrogen and oxygen atoms in total. The first-order valence-electron chi connectivity index (χ1n) is 5.72. The lowest BCUT2D eigenvalue weighted by Gasteiger charge is -2.13. The van der Waals surface area contributed by atoms with Crippen LogP contribution in [0.2, 0.25) is 15.1 Å². The van der Waals surface area contributed by atoms with Crippen LogP contribution in [0.25, 0.3) is 0 Å². The Kier molecular flexibility index (Phi) is 5.13. The first-order chi connectivity index (χ1) is 9.28. The van der Waals surface area contributed by atoms with E-state index in [0.29, 0.717) is 25.9 Å². The van der Waals surface area contributed by atoms with E-state index in [-0.39, 0.29) is 39.8 Å². The van der Waals surface area contributed by atoms with Crippen molar-refractivity contribution in [2.24, 2.45) is 5.73 Å². The number of hydrogen-bond donors (Lipinski definition) is 1. The van der Waals surface area contributed by atoms with Gasteiger partial charge in [0, 0.05) is 5.02 Å². The molecule has 0 amide bonds. The Morgan fingerprint density at radius 2 is 1.76 bits per heavy atom. The minimum Gasteiger partial charge on any atom is -1.00 e. The molecule has 2 N–H and O–H groups in total. The predicted molar refractivity (Wildman–Crippen MR) is 84.4 cm³/mol. The van der Waals surface area contributed by atoms with E-state index in [2.05, 4.69) is 0 Å². The minimum atomic E-state index is -3.05. The first kappa shape index (κ1) is 17.7. The van der Waals surface area contributed by atoms with Gasteiger partial charge >= 0.3 is 5.17 Å². The minimum absolute atomic E-state index is 0. The summed E-state index contributed by atoms with van der Waals surface area (Å²) in [5.74, 6) is 0.184. The molecule has 0 aromatic heterocycles. The second-order valence-electron chi connectivity index (χ2n) is 4.73. The van der Waals surface area contributed by atoms with Gasteiger partial charge in [-0.1, -0.05) is 34.8 Å². The van der Waals surface area contributed by atoms with Crippen molar-refractivity contribution in [3.63, 3.8) is 0 Å². The molecule has 1 saturated heterocycles. The number of hydrogen-bond acceptors (Lipinski definition) is 4. The van der Waals surface area contributed by atoms with E-state index in [1.165, 1.54) is 11.8 Å². The van der Waals surface area contributed by atoms with Gasteiger partial charge in [-0.15, -0.1) is 0 Å². The van der Waals surface area contributed by atoms with Crippen LogP contribution in [-0.2, 0) is 9.84 Å². The number of amidine groups is 1. The fraction of sp³-hybridized carbons (Fsp3) is 0.364. The zero-order valence-corrected chi connectivity index (χ0v) is 15.9. The lowest BCUT2D eigenvalue weighted by Crippen LogP contribution is -3.00. The van der Waals surface area contributed by atoms with Gasteiger partial charge in [0.2, 0.25) is 0 Å². The van der Waals surface area contributed by atoms with Crippen LogP contribution >= 0.6 is 46.6 Å². The van der Waals surface area contributed by atoms with Crippen molar-refractivity contribution >= 4 is 67.3 Å². The number of benzene rings is 1. The Labute approximate surface area is 152 Å². The van der Waals surface area contributed by atoms with E-state index in [0.717, 1.165) is 0 Å². The summed E-state index contributed by atoms with van der Waals surface area (Å²) in [6, 6.07) is 2.90. The van der Waals surface area contributed by atoms with Crippen molar-refractivity contribution < 1.29 is 30.0 Å². The normalized spacial score (nSPS) is 26.6. The van der Waals surface area contributed by atoms with Gasteiger partial charge in [0.25, 0.3) is 0 Å². The Balaban J connectivity index is 0.00000161. The smallest absolute Gasteiger partial charge is 0.310 e. The molecule has 0 radical (unpaired) electrons. The standard InChI is InChI=1S/C11H9Cl3N2O2S2.BrH/c12-5-1-6(13)10(7(14)2-5)16-8-3-20(17,18)4-9(8)19-11(16)15;/h1-2,8-9,15H,3-4H2;1H. The molecule has 0 spiro atoms. The third-order valence-corrected chi connectivity index (χ3v) is 7.28. The van der Waals surface area contributed by atoms with E-state index in [9.17, 15) is 8.42 Å². The summed E-state index contributed by atoms with van der Waals surface area (Å²) >= 11 is 19.7. The lowest BCUT2D eigenvalue weighted by molar-refractivity contribution is -0.470. The van der Waals surface area contributed by atoms with Gasteiger partial charge in [-0.25, -0.2) is 13.0 Å². The first-order valence-corrected chi connectivity index (χ1v) is 9.55. The van der Waals surface area contributed by atoms with Crippen molar-refractivity contribution in [2.45, 2.75) is 11.3 Å². The van der Waals surface area contributed by atoms with Crippen LogP contribution in [0.15, 0.2) is 12.1 Å². The monoisotopic (exact) mass is 450 g/mol. The van der Waals surface area contributed by atoms with Crippen LogP contribution in [0.1, 0.15) is 0 Å². The van der Waals surface area contributed by atoms with Crippen molar-refractivity contribution in [3.8, 4) is 0 Å². The van der Waals surface area contributed by atoms with Crippen LogP contribution in [0.5, 0.6) is 0 Å². The van der Waals surface area contributed by atoms with Gasteiger partial charge in [0.05, 0.1) is 26.8 Å². The Morgan fingerprint density at radius 1 is 1.19 bits per heavy atom. The predicted octanol–water partition coefficient (Wildman–Crippen LogP) is -0.478. The molecule has 2 heterocycles. The van der Waals surface area contributed by atoms with E-state index in [4.69, 9.17) is 40.5 Å². The molecule has 1 aromatic carbocycles. The number of halogens is 4. The average molecular weight is 453 g/mol. The third-order valence-electron chi connectivity index (χ3n) is 3.34. The van der Waals surface area contributed by atoms with Crippen molar-refractivity contribution in [2.75, 3.05) is 11.5 Å². The molecule has 0 bridgehead atoms. The molecule has 0 aliphatic carbocycles. The van der Waals surface area contributed by atoms with Gasteiger partial charge < -0.3 is 17.0 Å². The molecule has 116 valence electrons. The maximum absolute atomic E-state index is 11.8. The van der Waals surface area contributed by atoms with Crippen LogP contribution in [-0.4, -0.2) is 41.0 Å². The maximum atomic E-state index is 11.8. The number of nitrogens with two attached hydrogens (primary N) is 1. The molecule has 2 aliphatic rings. The van der Waals surface area contributed by atoms with E-state index < -0.39 is 9.84 Å². The van der Waals surface area contributed by atoms with Crippen LogP contribution in [0, 0.1) is 0 Å². The molecule has 2 unspecified atom stereocenters. The highest BCUT2D eigenvalue weighted by Gasteiger charge is 2.50. The molecule has 10 heteroatoms. The number of fused-ring (bicyclic) bond motifs is 1. The quantitative estimate of drug-likeness (QED) is 0.585. The van der Waals surface area contributed by atoms with E-state index in [1.54, 1.807) is 16.7 Å². The maximum Gasteiger partial charge on any atom is 0.310 e. The molecule has 2 atom stereocenters. The van der Waals surface area contributed by atoms with Crippen LogP contribution in [0.3, 0.4) is 0 Å². The second kappa shape index (κ2) is 6.09. The molecule has 3 rings (SSSR count). The highest BCUT2D eigenvalue weighted by Crippen LogP contribution is 2.43. The Morgan fingerprint density at radius 3 is 2.33 bits per heavy atom. The number of nitrogens with zero attached hydrogens (tertiary/aromatic N) is 1. The second-order valence-corrected chi connectivity index (χ2v) is 9.39. The fourth-order valence-electron chi connectivity index (χ4n) is 2.57. The lowest BCUT2D eigenvalue weighted by atomic mass is 10.2. The molecule has 0 saturated carbocycles. The van der Waals surface area contributed by atoms with Crippen LogP contribution < -0.4 is 22.7 Å². The van der Waals surface area contributed by atoms with Gasteiger partial charge in [-0.05, 0) is 23.9 Å². The number of sulfone groups is 1. The summed E-state index contributed by atoms with van der Waals surface area (Å²) < 4.78 is 25.3. The molecule has 2 aliphatic heterocycles. The number of rotatable bonds is 1. The summed E-state index contributed by atoms with van der Waals surface area (Å²) in [7, 11) is -3.05. The Bertz CT molecular complexity index is 716. The third kappa shape index (κ3) is 3.19. The van der Waals surface area contributed by atoms with Crippen molar-refractivity contribution in [1.29, 1.82) is 0 Å². The molecule has 1 aromatic rings. The van der Waals surface area contributed by atoms with Crippen LogP contribution in [0.4, 0.5) is 5.69 Å². The largest absolute Gasteiger partial charge is 1.00 e.